The molecule has 22 heavy (non-hydrogen) atoms. The summed E-state index contributed by atoms with van der Waals surface area (Å²) < 4.78 is 4.47. The van der Waals surface area contributed by atoms with Gasteiger partial charge in [-0.3, -0.25) is 9.80 Å². The first-order valence-electron chi connectivity index (χ1n) is 7.64. The SMILES string of the molecule is C#CC(C)N1CN(c2snc(CC)c2C)C(=O)N(C(C)C)C1. The fourth-order valence-corrected chi connectivity index (χ4v) is 3.48. The molecule has 2 heterocycles. The molecular formula is C16H24N4OS. The minimum absolute atomic E-state index is 0.0178. The molecule has 0 spiro atoms. The summed E-state index contributed by atoms with van der Waals surface area (Å²) in [6.07, 6.45) is 6.45. The molecule has 0 N–H and O–H groups in total. The van der Waals surface area contributed by atoms with E-state index in [4.69, 9.17) is 6.42 Å². The molecule has 0 saturated carbocycles. The molecule has 1 fully saturated rings. The van der Waals surface area contributed by atoms with Crippen molar-refractivity contribution in [1.29, 1.82) is 0 Å². The normalized spacial score (nSPS) is 18.0. The molecule has 0 aliphatic carbocycles. The molecule has 120 valence electrons. The third-order valence-electron chi connectivity index (χ3n) is 4.12. The lowest BCUT2D eigenvalue weighted by Gasteiger charge is -2.44. The fourth-order valence-electron chi connectivity index (χ4n) is 2.52. The van der Waals surface area contributed by atoms with E-state index in [9.17, 15) is 4.79 Å². The summed E-state index contributed by atoms with van der Waals surface area (Å²) in [4.78, 5) is 18.6. The average molecular weight is 320 g/mol. The van der Waals surface area contributed by atoms with Crippen molar-refractivity contribution >= 4 is 22.6 Å². The summed E-state index contributed by atoms with van der Waals surface area (Å²) in [5.74, 6) is 2.76. The Labute approximate surface area is 137 Å². The van der Waals surface area contributed by atoms with Crippen LogP contribution in [0, 0.1) is 19.3 Å². The number of hydrogen-bond acceptors (Lipinski definition) is 4. The van der Waals surface area contributed by atoms with Gasteiger partial charge in [0.05, 0.1) is 25.1 Å². The van der Waals surface area contributed by atoms with Gasteiger partial charge in [-0.2, -0.15) is 4.37 Å². The molecule has 1 aliphatic rings. The van der Waals surface area contributed by atoms with Crippen LogP contribution < -0.4 is 4.90 Å². The number of carbonyl (C=O) groups excluding carboxylic acids is 1. The van der Waals surface area contributed by atoms with Gasteiger partial charge in [-0.15, -0.1) is 6.42 Å². The van der Waals surface area contributed by atoms with Gasteiger partial charge in [-0.25, -0.2) is 4.79 Å². The number of aromatic nitrogens is 1. The van der Waals surface area contributed by atoms with E-state index in [0.717, 1.165) is 22.7 Å². The van der Waals surface area contributed by atoms with E-state index in [-0.39, 0.29) is 18.1 Å². The summed E-state index contributed by atoms with van der Waals surface area (Å²) in [5.41, 5.74) is 2.16. The van der Waals surface area contributed by atoms with E-state index < -0.39 is 0 Å². The molecule has 1 aromatic heterocycles. The monoisotopic (exact) mass is 320 g/mol. The molecule has 1 aliphatic heterocycles. The first kappa shape index (κ1) is 16.8. The molecule has 0 radical (unpaired) electrons. The summed E-state index contributed by atoms with van der Waals surface area (Å²) in [7, 11) is 0. The summed E-state index contributed by atoms with van der Waals surface area (Å²) in [6, 6.07) is 0.141. The Hall–Kier alpha value is -1.58. The number of urea groups is 1. The summed E-state index contributed by atoms with van der Waals surface area (Å²) >= 11 is 1.40. The Kier molecular flexibility index (Phi) is 5.09. The van der Waals surface area contributed by atoms with E-state index >= 15 is 0 Å². The third kappa shape index (κ3) is 2.96. The predicted molar refractivity (Wildman–Crippen MR) is 90.9 cm³/mol. The van der Waals surface area contributed by atoms with Crippen molar-refractivity contribution in [3.05, 3.63) is 11.3 Å². The van der Waals surface area contributed by atoms with Crippen molar-refractivity contribution in [2.24, 2.45) is 0 Å². The Morgan fingerprint density at radius 3 is 2.55 bits per heavy atom. The van der Waals surface area contributed by atoms with Gasteiger partial charge in [0.15, 0.2) is 0 Å². The first-order valence-corrected chi connectivity index (χ1v) is 8.41. The van der Waals surface area contributed by atoms with Gasteiger partial charge in [0, 0.05) is 11.6 Å². The summed E-state index contributed by atoms with van der Waals surface area (Å²) in [6.45, 7) is 11.2. The van der Waals surface area contributed by atoms with E-state index in [0.29, 0.717) is 13.3 Å². The maximum atomic E-state index is 12.8. The predicted octanol–water partition coefficient (Wildman–Crippen LogP) is 2.90. The zero-order valence-electron chi connectivity index (χ0n) is 14.0. The van der Waals surface area contributed by atoms with E-state index in [1.165, 1.54) is 11.5 Å². The number of terminal acetylenes is 1. The van der Waals surface area contributed by atoms with Gasteiger partial charge < -0.3 is 4.90 Å². The van der Waals surface area contributed by atoms with E-state index in [1.54, 1.807) is 0 Å². The maximum Gasteiger partial charge on any atom is 0.327 e. The van der Waals surface area contributed by atoms with Crippen molar-refractivity contribution in [2.45, 2.75) is 53.1 Å². The Morgan fingerprint density at radius 1 is 1.36 bits per heavy atom. The van der Waals surface area contributed by atoms with Crippen molar-refractivity contribution in [1.82, 2.24) is 14.2 Å². The number of rotatable bonds is 4. The second-order valence-corrected chi connectivity index (χ2v) is 6.65. The minimum Gasteiger partial charge on any atom is -0.309 e. The second-order valence-electron chi connectivity index (χ2n) is 5.90. The third-order valence-corrected chi connectivity index (χ3v) is 5.13. The highest BCUT2D eigenvalue weighted by atomic mass is 32.1. The Balaban J connectivity index is 2.37. The first-order chi connectivity index (χ1) is 10.4. The smallest absolute Gasteiger partial charge is 0.309 e. The molecule has 6 heteroatoms. The van der Waals surface area contributed by atoms with E-state index in [1.807, 2.05) is 37.5 Å². The van der Waals surface area contributed by atoms with Crippen LogP contribution in [-0.4, -0.2) is 45.6 Å². The van der Waals surface area contributed by atoms with Crippen LogP contribution in [0.2, 0.25) is 0 Å². The lowest BCUT2D eigenvalue weighted by Crippen LogP contribution is -2.61. The fraction of sp³-hybridized carbons (Fsp3) is 0.625. The van der Waals surface area contributed by atoms with Gasteiger partial charge >= 0.3 is 6.03 Å². The largest absolute Gasteiger partial charge is 0.327 e. The van der Waals surface area contributed by atoms with Gasteiger partial charge in [-0.05, 0) is 45.6 Å². The van der Waals surface area contributed by atoms with Gasteiger partial charge in [0.1, 0.15) is 5.00 Å². The van der Waals surface area contributed by atoms with Gasteiger partial charge in [-0.1, -0.05) is 12.8 Å². The van der Waals surface area contributed by atoms with E-state index in [2.05, 4.69) is 22.1 Å². The number of amides is 2. The number of carbonyl (C=O) groups is 1. The Bertz CT molecular complexity index is 589. The average Bonchev–Trinajstić information content (AvgIpc) is 2.87. The lowest BCUT2D eigenvalue weighted by atomic mass is 10.2. The topological polar surface area (TPSA) is 39.7 Å². The molecule has 0 aromatic carbocycles. The lowest BCUT2D eigenvalue weighted by molar-refractivity contribution is 0.0880. The van der Waals surface area contributed by atoms with Crippen LogP contribution in [-0.2, 0) is 6.42 Å². The van der Waals surface area contributed by atoms with Crippen molar-refractivity contribution < 1.29 is 4.79 Å². The maximum absolute atomic E-state index is 12.8. The van der Waals surface area contributed by atoms with Crippen LogP contribution in [0.1, 0.15) is 39.0 Å². The van der Waals surface area contributed by atoms with Crippen LogP contribution in [0.4, 0.5) is 9.80 Å². The quantitative estimate of drug-likeness (QED) is 0.801. The standard InChI is InChI=1S/C16H24N4OS/c1-7-12(5)18-9-19(11(3)4)16(21)20(10-18)15-13(6)14(8-2)17-22-15/h1,11-12H,8-10H2,2-6H3. The second kappa shape index (κ2) is 6.67. The van der Waals surface area contributed by atoms with Gasteiger partial charge in [0.25, 0.3) is 0 Å². The molecule has 1 atom stereocenters. The van der Waals surface area contributed by atoms with Crippen molar-refractivity contribution in [3.63, 3.8) is 0 Å². The van der Waals surface area contributed by atoms with Crippen LogP contribution in [0.3, 0.4) is 0 Å². The van der Waals surface area contributed by atoms with Crippen molar-refractivity contribution in [2.75, 3.05) is 18.2 Å². The highest BCUT2D eigenvalue weighted by Crippen LogP contribution is 2.31. The molecule has 2 amide bonds. The molecule has 1 saturated heterocycles. The highest BCUT2D eigenvalue weighted by Gasteiger charge is 2.35. The van der Waals surface area contributed by atoms with Crippen LogP contribution in [0.5, 0.6) is 0 Å². The van der Waals surface area contributed by atoms with Gasteiger partial charge in [0.2, 0.25) is 0 Å². The Morgan fingerprint density at radius 2 is 2.05 bits per heavy atom. The number of nitrogens with zero attached hydrogens (tertiary/aromatic N) is 4. The zero-order valence-corrected chi connectivity index (χ0v) is 14.8. The van der Waals surface area contributed by atoms with Crippen LogP contribution >= 0.6 is 11.5 Å². The molecular weight excluding hydrogens is 296 g/mol. The van der Waals surface area contributed by atoms with Crippen LogP contribution in [0.25, 0.3) is 0 Å². The molecule has 1 aromatic rings. The molecule has 1 unspecified atom stereocenters. The highest BCUT2D eigenvalue weighted by molar-refractivity contribution is 7.10. The zero-order chi connectivity index (χ0) is 16.4. The number of anilines is 1. The molecule has 0 bridgehead atoms. The summed E-state index contributed by atoms with van der Waals surface area (Å²) in [5, 5.41) is 0.932. The van der Waals surface area contributed by atoms with Crippen molar-refractivity contribution in [3.8, 4) is 12.3 Å². The molecule has 5 nitrogen and oxygen atoms in total. The van der Waals surface area contributed by atoms with Crippen LogP contribution in [0.15, 0.2) is 0 Å². The number of aryl methyl sites for hydroxylation is 1. The number of hydrogen-bond donors (Lipinski definition) is 0. The minimum atomic E-state index is -0.0178. The molecule has 2 rings (SSSR count).